The minimum Gasteiger partial charge on any atom is -0.496 e. The zero-order valence-electron chi connectivity index (χ0n) is 11.2. The molecule has 0 aromatic heterocycles. The highest BCUT2D eigenvalue weighted by Gasteiger charge is 2.11. The van der Waals surface area contributed by atoms with Gasteiger partial charge in [0.15, 0.2) is 0 Å². The number of ether oxygens (including phenoxy) is 2. The van der Waals surface area contributed by atoms with Gasteiger partial charge in [-0.25, -0.2) is 0 Å². The van der Waals surface area contributed by atoms with Crippen molar-refractivity contribution in [2.75, 3.05) is 26.9 Å². The van der Waals surface area contributed by atoms with Gasteiger partial charge in [-0.2, -0.15) is 0 Å². The summed E-state index contributed by atoms with van der Waals surface area (Å²) in [7, 11) is 1.54. The van der Waals surface area contributed by atoms with Gasteiger partial charge in [-0.15, -0.1) is 0 Å². The summed E-state index contributed by atoms with van der Waals surface area (Å²) >= 11 is 3.33. The van der Waals surface area contributed by atoms with Crippen LogP contribution < -0.4 is 10.1 Å². The van der Waals surface area contributed by atoms with Gasteiger partial charge >= 0.3 is 0 Å². The number of carbonyl (C=O) groups is 1. The molecule has 0 unspecified atom stereocenters. The Hall–Kier alpha value is -1.33. The number of benzene rings is 1. The zero-order chi connectivity index (χ0) is 14.3. The molecule has 1 amide bonds. The SMILES string of the molecule is C=C(C)COCCNC(=O)c1ccc(Br)cc1OC. The normalized spacial score (nSPS) is 10.1. The van der Waals surface area contributed by atoms with Crippen molar-refractivity contribution in [3.05, 3.63) is 40.4 Å². The monoisotopic (exact) mass is 327 g/mol. The first kappa shape index (κ1) is 15.7. The van der Waals surface area contributed by atoms with E-state index in [1.807, 2.05) is 6.92 Å². The summed E-state index contributed by atoms with van der Waals surface area (Å²) in [5, 5.41) is 2.78. The molecule has 19 heavy (non-hydrogen) atoms. The second-order valence-corrected chi connectivity index (χ2v) is 5.03. The van der Waals surface area contributed by atoms with Crippen LogP contribution >= 0.6 is 15.9 Å². The lowest BCUT2D eigenvalue weighted by atomic mass is 10.2. The molecule has 0 aliphatic rings. The van der Waals surface area contributed by atoms with Crippen molar-refractivity contribution < 1.29 is 14.3 Å². The molecule has 0 atom stereocenters. The summed E-state index contributed by atoms with van der Waals surface area (Å²) in [6, 6.07) is 5.27. The van der Waals surface area contributed by atoms with Crippen molar-refractivity contribution in [2.45, 2.75) is 6.92 Å². The molecule has 104 valence electrons. The average Bonchev–Trinajstić information content (AvgIpc) is 2.37. The Labute approximate surface area is 121 Å². The van der Waals surface area contributed by atoms with E-state index in [0.717, 1.165) is 10.0 Å². The highest BCUT2D eigenvalue weighted by Crippen LogP contribution is 2.23. The standard InChI is InChI=1S/C14H18BrNO3/c1-10(2)9-19-7-6-16-14(17)12-5-4-11(15)8-13(12)18-3/h4-5,8H,1,6-7,9H2,2-3H3,(H,16,17). The lowest BCUT2D eigenvalue weighted by Crippen LogP contribution is -2.27. The van der Waals surface area contributed by atoms with Crippen LogP contribution in [0.2, 0.25) is 0 Å². The molecule has 5 heteroatoms. The number of rotatable bonds is 7. The van der Waals surface area contributed by atoms with Crippen LogP contribution in [0, 0.1) is 0 Å². The Kier molecular flexibility index (Phi) is 6.59. The lowest BCUT2D eigenvalue weighted by molar-refractivity contribution is 0.0924. The van der Waals surface area contributed by atoms with Gasteiger partial charge < -0.3 is 14.8 Å². The summed E-state index contributed by atoms with van der Waals surface area (Å²) in [4.78, 5) is 12.0. The molecule has 1 N–H and O–H groups in total. The predicted octanol–water partition coefficient (Wildman–Crippen LogP) is 2.78. The van der Waals surface area contributed by atoms with E-state index < -0.39 is 0 Å². The third-order valence-corrected chi connectivity index (χ3v) is 2.78. The van der Waals surface area contributed by atoms with Gasteiger partial charge in [0, 0.05) is 11.0 Å². The maximum absolute atomic E-state index is 12.0. The van der Waals surface area contributed by atoms with Crippen molar-refractivity contribution in [1.82, 2.24) is 5.32 Å². The lowest BCUT2D eigenvalue weighted by Gasteiger charge is -2.10. The second-order valence-electron chi connectivity index (χ2n) is 4.11. The minimum atomic E-state index is -0.178. The van der Waals surface area contributed by atoms with Crippen molar-refractivity contribution in [3.8, 4) is 5.75 Å². The van der Waals surface area contributed by atoms with Crippen LogP contribution in [0.3, 0.4) is 0 Å². The number of halogens is 1. The van der Waals surface area contributed by atoms with Gasteiger partial charge in [-0.05, 0) is 25.1 Å². The second kappa shape index (κ2) is 7.96. The molecule has 0 aliphatic heterocycles. The fourth-order valence-corrected chi connectivity index (χ4v) is 1.77. The molecule has 0 saturated carbocycles. The number of methoxy groups -OCH3 is 1. The van der Waals surface area contributed by atoms with Crippen LogP contribution in [0.1, 0.15) is 17.3 Å². The van der Waals surface area contributed by atoms with E-state index in [-0.39, 0.29) is 5.91 Å². The topological polar surface area (TPSA) is 47.6 Å². The third kappa shape index (κ3) is 5.44. The molecule has 0 aliphatic carbocycles. The summed E-state index contributed by atoms with van der Waals surface area (Å²) in [6.07, 6.45) is 0. The smallest absolute Gasteiger partial charge is 0.255 e. The maximum atomic E-state index is 12.0. The fraction of sp³-hybridized carbons (Fsp3) is 0.357. The molecular formula is C14H18BrNO3. The number of hydrogen-bond donors (Lipinski definition) is 1. The highest BCUT2D eigenvalue weighted by molar-refractivity contribution is 9.10. The van der Waals surface area contributed by atoms with Crippen LogP contribution in [0.4, 0.5) is 0 Å². The molecule has 0 fully saturated rings. The van der Waals surface area contributed by atoms with Crippen LogP contribution in [0.25, 0.3) is 0 Å². The van der Waals surface area contributed by atoms with E-state index in [1.165, 1.54) is 7.11 Å². The van der Waals surface area contributed by atoms with Crippen molar-refractivity contribution in [2.24, 2.45) is 0 Å². The number of hydrogen-bond acceptors (Lipinski definition) is 3. The first-order valence-electron chi connectivity index (χ1n) is 5.88. The quantitative estimate of drug-likeness (QED) is 0.618. The average molecular weight is 328 g/mol. The van der Waals surface area contributed by atoms with E-state index in [0.29, 0.717) is 31.1 Å². The Morgan fingerprint density at radius 3 is 2.84 bits per heavy atom. The largest absolute Gasteiger partial charge is 0.496 e. The van der Waals surface area contributed by atoms with E-state index >= 15 is 0 Å². The predicted molar refractivity (Wildman–Crippen MR) is 78.7 cm³/mol. The van der Waals surface area contributed by atoms with E-state index in [1.54, 1.807) is 18.2 Å². The van der Waals surface area contributed by atoms with Crippen LogP contribution in [0.15, 0.2) is 34.8 Å². The first-order valence-corrected chi connectivity index (χ1v) is 6.67. The Morgan fingerprint density at radius 1 is 1.47 bits per heavy atom. The van der Waals surface area contributed by atoms with Gasteiger partial charge in [-0.3, -0.25) is 4.79 Å². The summed E-state index contributed by atoms with van der Waals surface area (Å²) in [5.74, 6) is 0.359. The summed E-state index contributed by atoms with van der Waals surface area (Å²) < 4.78 is 11.3. The molecule has 0 spiro atoms. The van der Waals surface area contributed by atoms with Crippen molar-refractivity contribution >= 4 is 21.8 Å². The summed E-state index contributed by atoms with van der Waals surface area (Å²) in [6.45, 7) is 7.04. The van der Waals surface area contributed by atoms with E-state index in [9.17, 15) is 4.79 Å². The Bertz CT molecular complexity index is 460. The number of carbonyl (C=O) groups excluding carboxylic acids is 1. The van der Waals surface area contributed by atoms with Gasteiger partial charge in [0.1, 0.15) is 5.75 Å². The molecule has 4 nitrogen and oxygen atoms in total. The zero-order valence-corrected chi connectivity index (χ0v) is 12.7. The van der Waals surface area contributed by atoms with Gasteiger partial charge in [0.05, 0.1) is 25.9 Å². The minimum absolute atomic E-state index is 0.178. The van der Waals surface area contributed by atoms with E-state index in [2.05, 4.69) is 27.8 Å². The van der Waals surface area contributed by atoms with E-state index in [4.69, 9.17) is 9.47 Å². The van der Waals surface area contributed by atoms with Crippen molar-refractivity contribution in [3.63, 3.8) is 0 Å². The van der Waals surface area contributed by atoms with Gasteiger partial charge in [0.2, 0.25) is 0 Å². The van der Waals surface area contributed by atoms with Crippen LogP contribution in [-0.4, -0.2) is 32.8 Å². The fourth-order valence-electron chi connectivity index (χ4n) is 1.43. The summed E-state index contributed by atoms with van der Waals surface area (Å²) in [5.41, 5.74) is 1.46. The molecular weight excluding hydrogens is 310 g/mol. The van der Waals surface area contributed by atoms with Gasteiger partial charge in [-0.1, -0.05) is 28.1 Å². The molecule has 0 radical (unpaired) electrons. The molecule has 0 bridgehead atoms. The van der Waals surface area contributed by atoms with Crippen LogP contribution in [-0.2, 0) is 4.74 Å². The molecule has 0 heterocycles. The molecule has 1 aromatic carbocycles. The van der Waals surface area contributed by atoms with Gasteiger partial charge in [0.25, 0.3) is 5.91 Å². The maximum Gasteiger partial charge on any atom is 0.255 e. The third-order valence-electron chi connectivity index (χ3n) is 2.29. The Morgan fingerprint density at radius 2 is 2.21 bits per heavy atom. The van der Waals surface area contributed by atoms with Crippen molar-refractivity contribution in [1.29, 1.82) is 0 Å². The molecule has 1 aromatic rings. The number of amides is 1. The Balaban J connectivity index is 2.47. The molecule has 1 rings (SSSR count). The highest BCUT2D eigenvalue weighted by atomic mass is 79.9. The van der Waals surface area contributed by atoms with Crippen LogP contribution in [0.5, 0.6) is 5.75 Å². The molecule has 0 saturated heterocycles. The first-order chi connectivity index (χ1) is 9.04. The number of nitrogens with one attached hydrogen (secondary N) is 1.